The topological polar surface area (TPSA) is 0 Å². The third-order valence-corrected chi connectivity index (χ3v) is 5.24. The molecule has 0 aliphatic heterocycles. The normalized spacial score (nSPS) is 10.1. The summed E-state index contributed by atoms with van der Waals surface area (Å²) in [6, 6.07) is 31.0. The number of rotatable bonds is 3. The second-order valence-electron chi connectivity index (χ2n) is 7.59. The van der Waals surface area contributed by atoms with Gasteiger partial charge < -0.3 is 0 Å². The fraction of sp³-hybridized carbons (Fsp3) is 0. The van der Waals surface area contributed by atoms with Crippen LogP contribution < -0.4 is 0 Å². The molecule has 0 unspecified atom stereocenters. The van der Waals surface area contributed by atoms with Crippen molar-refractivity contribution in [1.29, 1.82) is 0 Å². The third-order valence-electron chi connectivity index (χ3n) is 5.24. The summed E-state index contributed by atoms with van der Waals surface area (Å²) >= 11 is 0. The van der Waals surface area contributed by atoms with Crippen molar-refractivity contribution in [2.45, 2.75) is 0 Å². The minimum absolute atomic E-state index is 0.782. The molecule has 2 radical (unpaired) electrons. The monoisotopic (exact) mass is 452 g/mol. The highest BCUT2D eigenvalue weighted by atomic mass is 14.0. The molecule has 4 rings (SSSR count). The molecule has 4 aromatic rings. The molecule has 0 heteroatoms. The maximum absolute atomic E-state index is 5.59. The molecule has 0 N–H and O–H groups in total. The zero-order valence-electron chi connectivity index (χ0n) is 19.5. The fourth-order valence-corrected chi connectivity index (χ4v) is 3.40. The van der Waals surface area contributed by atoms with E-state index in [0.29, 0.717) is 0 Å². The van der Waals surface area contributed by atoms with Gasteiger partial charge in [-0.1, -0.05) is 108 Å². The first-order valence-electron chi connectivity index (χ1n) is 11.3. The van der Waals surface area contributed by atoms with Crippen LogP contribution in [0.3, 0.4) is 0 Å². The molecule has 4 aromatic carbocycles. The van der Waals surface area contributed by atoms with Crippen LogP contribution in [0.4, 0.5) is 0 Å². The Morgan fingerprint density at radius 2 is 0.611 bits per heavy atom. The average Bonchev–Trinajstić information content (AvgIpc) is 2.94. The lowest BCUT2D eigenvalue weighted by molar-refractivity contribution is 1.50. The van der Waals surface area contributed by atoms with Gasteiger partial charge in [0.2, 0.25) is 0 Å². The van der Waals surface area contributed by atoms with Gasteiger partial charge >= 0.3 is 0 Å². The summed E-state index contributed by atoms with van der Waals surface area (Å²) in [5.41, 5.74) is 6.73. The summed E-state index contributed by atoms with van der Waals surface area (Å²) in [6.45, 7) is 0. The maximum atomic E-state index is 5.59. The highest BCUT2D eigenvalue weighted by Crippen LogP contribution is 2.12. The van der Waals surface area contributed by atoms with Gasteiger partial charge in [0.15, 0.2) is 0 Å². The Balaban J connectivity index is 1.55. The Morgan fingerprint density at radius 1 is 0.361 bits per heavy atom. The van der Waals surface area contributed by atoms with Gasteiger partial charge in [0.05, 0.1) is 0 Å². The Labute approximate surface area is 214 Å². The molecule has 0 saturated carbocycles. The molecule has 0 amide bonds. The van der Waals surface area contributed by atoms with Crippen molar-refractivity contribution >= 4 is 0 Å². The van der Waals surface area contributed by atoms with Gasteiger partial charge in [0.25, 0.3) is 0 Å². The molecule has 0 atom stereocenters. The molecular weight excluding hydrogens is 432 g/mol. The standard InChI is InChI=1S/C36H20/c1-3-29-15-5-7-21-33(29)25-27-35-23-13-11-19-31(35)17-9-10-18-32-20-12-14-24-36(32)28-26-34-22-8-6-16-30(34)4-2/h1-2,5-16,19-24H. The molecule has 0 spiro atoms. The van der Waals surface area contributed by atoms with E-state index >= 15 is 0 Å². The van der Waals surface area contributed by atoms with E-state index in [1.807, 2.05) is 109 Å². The van der Waals surface area contributed by atoms with Crippen molar-refractivity contribution in [3.63, 3.8) is 0 Å². The van der Waals surface area contributed by atoms with Crippen LogP contribution in [0.15, 0.2) is 109 Å². The van der Waals surface area contributed by atoms with Gasteiger partial charge in [-0.3, -0.25) is 0 Å². The summed E-state index contributed by atoms with van der Waals surface area (Å²) in [7, 11) is 0. The van der Waals surface area contributed by atoms with Crippen LogP contribution >= 0.6 is 0 Å². The zero-order chi connectivity index (χ0) is 25.0. The van der Waals surface area contributed by atoms with Crippen LogP contribution in [-0.2, 0) is 0 Å². The summed E-state index contributed by atoms with van der Waals surface area (Å²) in [5.74, 6) is 18.2. The highest BCUT2D eigenvalue weighted by molar-refractivity contribution is 5.55. The molecule has 0 aliphatic carbocycles. The third kappa shape index (κ3) is 6.13. The lowest BCUT2D eigenvalue weighted by Gasteiger charge is -1.99. The Hall–Kier alpha value is -5.40. The van der Waals surface area contributed by atoms with Crippen molar-refractivity contribution < 1.29 is 0 Å². The Bertz CT molecular complexity index is 1530. The largest absolute Gasteiger partial charge is 0.115 e. The van der Waals surface area contributed by atoms with Gasteiger partial charge in [-0.05, 0) is 59.7 Å². The highest BCUT2D eigenvalue weighted by Gasteiger charge is 1.99. The molecule has 0 bridgehead atoms. The Morgan fingerprint density at radius 3 is 0.917 bits per heavy atom. The van der Waals surface area contributed by atoms with Gasteiger partial charge in [-0.15, -0.1) is 12.8 Å². The number of allylic oxidation sites excluding steroid dienone is 2. The minimum atomic E-state index is 0.782. The van der Waals surface area contributed by atoms with Gasteiger partial charge in [-0.2, -0.15) is 0 Å². The lowest BCUT2D eigenvalue weighted by atomic mass is 10.0. The van der Waals surface area contributed by atoms with E-state index in [9.17, 15) is 0 Å². The van der Waals surface area contributed by atoms with Crippen molar-refractivity contribution in [1.82, 2.24) is 0 Å². The Kier molecular flexibility index (Phi) is 8.03. The van der Waals surface area contributed by atoms with Crippen molar-refractivity contribution in [2.75, 3.05) is 0 Å². The minimum Gasteiger partial charge on any atom is -0.115 e. The molecule has 36 heavy (non-hydrogen) atoms. The number of benzene rings is 4. The van der Waals surface area contributed by atoms with E-state index in [1.165, 1.54) is 0 Å². The van der Waals surface area contributed by atoms with E-state index < -0.39 is 0 Å². The first kappa shape index (κ1) is 23.7. The fourth-order valence-electron chi connectivity index (χ4n) is 3.40. The number of hydrogen-bond donors (Lipinski definition) is 0. The maximum Gasteiger partial charge on any atom is 0.0405 e. The first-order valence-corrected chi connectivity index (χ1v) is 11.3. The van der Waals surface area contributed by atoms with E-state index in [1.54, 1.807) is 0 Å². The summed E-state index contributed by atoms with van der Waals surface area (Å²) < 4.78 is 0. The average molecular weight is 453 g/mol. The summed E-state index contributed by atoms with van der Waals surface area (Å²) in [5, 5.41) is 0. The number of hydrogen-bond acceptors (Lipinski definition) is 0. The van der Waals surface area contributed by atoms with Gasteiger partial charge in [0, 0.05) is 33.4 Å². The van der Waals surface area contributed by atoms with Crippen LogP contribution in [0.5, 0.6) is 0 Å². The van der Waals surface area contributed by atoms with Gasteiger partial charge in [0.1, 0.15) is 0 Å². The van der Waals surface area contributed by atoms with E-state index in [0.717, 1.165) is 44.5 Å². The van der Waals surface area contributed by atoms with E-state index in [2.05, 4.69) is 47.7 Å². The first-order chi connectivity index (χ1) is 17.8. The predicted molar refractivity (Wildman–Crippen MR) is 147 cm³/mol. The molecular formula is C36H20. The second-order valence-corrected chi connectivity index (χ2v) is 7.59. The van der Waals surface area contributed by atoms with E-state index in [-0.39, 0.29) is 0 Å². The summed E-state index contributed by atoms with van der Waals surface area (Å²) in [4.78, 5) is 0. The molecule has 0 nitrogen and oxygen atoms in total. The number of terminal acetylenes is 2. The summed E-state index contributed by atoms with van der Waals surface area (Å²) in [6.07, 6.45) is 21.4. The van der Waals surface area contributed by atoms with Crippen LogP contribution in [-0.4, -0.2) is 0 Å². The van der Waals surface area contributed by atoms with Crippen LogP contribution in [0.25, 0.3) is 0 Å². The molecule has 0 aliphatic rings. The van der Waals surface area contributed by atoms with Crippen molar-refractivity contribution in [2.24, 2.45) is 0 Å². The molecule has 0 heterocycles. The van der Waals surface area contributed by atoms with Crippen molar-refractivity contribution in [3.05, 3.63) is 166 Å². The molecule has 164 valence electrons. The smallest absolute Gasteiger partial charge is 0.0405 e. The molecule has 0 saturated heterocycles. The molecule has 0 fully saturated rings. The van der Waals surface area contributed by atoms with Crippen LogP contribution in [0.2, 0.25) is 0 Å². The van der Waals surface area contributed by atoms with Crippen LogP contribution in [0, 0.1) is 60.5 Å². The molecule has 0 aromatic heterocycles. The SMILES string of the molecule is C#Cc1ccccc1C#Cc1ccccc1[C]=CC=[C]c1ccccc1C#Cc1ccccc1C#C. The van der Waals surface area contributed by atoms with Gasteiger partial charge in [-0.25, -0.2) is 0 Å². The van der Waals surface area contributed by atoms with E-state index in [4.69, 9.17) is 12.8 Å². The second kappa shape index (κ2) is 12.2. The quantitative estimate of drug-likeness (QED) is 0.244. The zero-order valence-corrected chi connectivity index (χ0v) is 19.5. The predicted octanol–water partition coefficient (Wildman–Crippen LogP) is 6.56. The lowest BCUT2D eigenvalue weighted by Crippen LogP contribution is -1.86. The van der Waals surface area contributed by atoms with Crippen molar-refractivity contribution in [3.8, 4) is 48.4 Å². The van der Waals surface area contributed by atoms with Crippen LogP contribution in [0.1, 0.15) is 44.5 Å².